The first-order valence-corrected chi connectivity index (χ1v) is 3.80. The van der Waals surface area contributed by atoms with Crippen molar-refractivity contribution in [1.29, 1.82) is 0 Å². The van der Waals surface area contributed by atoms with E-state index in [2.05, 4.69) is 12.2 Å². The average Bonchev–Trinajstić information content (AvgIpc) is 2.47. The molecule has 3 heteroatoms. The number of urea groups is 1. The molecular formula is C7H14N2O. The van der Waals surface area contributed by atoms with Crippen molar-refractivity contribution < 1.29 is 4.79 Å². The van der Waals surface area contributed by atoms with Crippen molar-refractivity contribution in [3.8, 4) is 0 Å². The Labute approximate surface area is 61.0 Å². The minimum Gasteiger partial charge on any atom is -0.352 e. The molecule has 2 unspecified atom stereocenters. The number of carbonyl (C=O) groups is 1. The van der Waals surface area contributed by atoms with E-state index in [1.807, 2.05) is 0 Å². The van der Waals surface area contributed by atoms with Crippen molar-refractivity contribution in [3.63, 3.8) is 0 Å². The summed E-state index contributed by atoms with van der Waals surface area (Å²) in [5, 5.41) is 2.69. The van der Waals surface area contributed by atoms with Gasteiger partial charge in [0.1, 0.15) is 0 Å². The fourth-order valence-corrected chi connectivity index (χ4v) is 1.30. The summed E-state index contributed by atoms with van der Waals surface area (Å²) in [5.41, 5.74) is 4.94. The number of nitrogens with two attached hydrogens (primary N) is 1. The number of hydrogen-bond acceptors (Lipinski definition) is 1. The quantitative estimate of drug-likeness (QED) is 0.603. The van der Waals surface area contributed by atoms with Crippen molar-refractivity contribution in [2.75, 3.05) is 0 Å². The molecule has 3 N–H and O–H groups in total. The first-order chi connectivity index (χ1) is 4.74. The second-order valence-corrected chi connectivity index (χ2v) is 2.90. The largest absolute Gasteiger partial charge is 0.352 e. The molecule has 0 aromatic heterocycles. The van der Waals surface area contributed by atoms with E-state index < -0.39 is 0 Å². The lowest BCUT2D eigenvalue weighted by molar-refractivity contribution is 0.248. The highest BCUT2D eigenvalue weighted by Gasteiger charge is 2.36. The van der Waals surface area contributed by atoms with Gasteiger partial charge in [0.15, 0.2) is 0 Å². The third kappa shape index (κ3) is 1.90. The highest BCUT2D eigenvalue weighted by Crippen LogP contribution is 2.34. The first kappa shape index (κ1) is 7.38. The van der Waals surface area contributed by atoms with Gasteiger partial charge in [0.05, 0.1) is 0 Å². The van der Waals surface area contributed by atoms with Crippen LogP contribution in [0.1, 0.15) is 26.2 Å². The second-order valence-electron chi connectivity index (χ2n) is 2.90. The van der Waals surface area contributed by atoms with Gasteiger partial charge in [0.25, 0.3) is 0 Å². The molecule has 0 heterocycles. The Hall–Kier alpha value is -0.730. The summed E-state index contributed by atoms with van der Waals surface area (Å²) in [6.07, 6.45) is 3.53. The zero-order valence-electron chi connectivity index (χ0n) is 6.26. The monoisotopic (exact) mass is 142 g/mol. The maximum absolute atomic E-state index is 10.3. The Balaban J connectivity index is 2.07. The van der Waals surface area contributed by atoms with Gasteiger partial charge in [-0.15, -0.1) is 0 Å². The van der Waals surface area contributed by atoms with E-state index in [1.54, 1.807) is 0 Å². The van der Waals surface area contributed by atoms with Gasteiger partial charge >= 0.3 is 6.03 Å². The van der Waals surface area contributed by atoms with Crippen LogP contribution in [0.25, 0.3) is 0 Å². The molecule has 0 saturated heterocycles. The van der Waals surface area contributed by atoms with E-state index >= 15 is 0 Å². The summed E-state index contributed by atoms with van der Waals surface area (Å²) < 4.78 is 0. The second kappa shape index (κ2) is 2.90. The van der Waals surface area contributed by atoms with Gasteiger partial charge in [-0.1, -0.05) is 13.3 Å². The zero-order valence-corrected chi connectivity index (χ0v) is 6.26. The normalized spacial score (nSPS) is 29.7. The van der Waals surface area contributed by atoms with Crippen LogP contribution in [0, 0.1) is 5.92 Å². The molecule has 58 valence electrons. The predicted octanol–water partition coefficient (Wildman–Crippen LogP) is 0.843. The molecule has 1 saturated carbocycles. The molecule has 10 heavy (non-hydrogen) atoms. The SMILES string of the molecule is CCCC1CC1NC(N)=O. The molecule has 0 bridgehead atoms. The van der Waals surface area contributed by atoms with Crippen molar-refractivity contribution in [2.45, 2.75) is 32.2 Å². The smallest absolute Gasteiger partial charge is 0.312 e. The molecular weight excluding hydrogens is 128 g/mol. The molecule has 0 aromatic rings. The van der Waals surface area contributed by atoms with Crippen molar-refractivity contribution in [2.24, 2.45) is 11.7 Å². The molecule has 0 aromatic carbocycles. The van der Waals surface area contributed by atoms with Gasteiger partial charge in [-0.3, -0.25) is 0 Å². The average molecular weight is 142 g/mol. The minimum absolute atomic E-state index is 0.386. The van der Waals surface area contributed by atoms with Crippen LogP contribution in [0.4, 0.5) is 4.79 Å². The number of primary amides is 1. The fourth-order valence-electron chi connectivity index (χ4n) is 1.30. The van der Waals surface area contributed by atoms with Crippen LogP contribution in [0.15, 0.2) is 0 Å². The van der Waals surface area contributed by atoms with Crippen LogP contribution in [0.5, 0.6) is 0 Å². The molecule has 1 rings (SSSR count). The summed E-state index contributed by atoms with van der Waals surface area (Å²) in [6, 6.07) is 0.000975. The van der Waals surface area contributed by atoms with Crippen LogP contribution >= 0.6 is 0 Å². The number of amides is 2. The van der Waals surface area contributed by atoms with Crippen LogP contribution in [-0.4, -0.2) is 12.1 Å². The van der Waals surface area contributed by atoms with Crippen LogP contribution in [0.2, 0.25) is 0 Å². The third-order valence-corrected chi connectivity index (χ3v) is 1.91. The maximum atomic E-state index is 10.3. The molecule has 0 radical (unpaired) electrons. The van der Waals surface area contributed by atoms with Crippen LogP contribution < -0.4 is 11.1 Å². The van der Waals surface area contributed by atoms with Gasteiger partial charge in [0.2, 0.25) is 0 Å². The molecule has 1 aliphatic carbocycles. The molecule has 1 fully saturated rings. The van der Waals surface area contributed by atoms with E-state index in [4.69, 9.17) is 5.73 Å². The van der Waals surface area contributed by atoms with Gasteiger partial charge in [-0.05, 0) is 18.8 Å². The lowest BCUT2D eigenvalue weighted by Crippen LogP contribution is -2.32. The lowest BCUT2D eigenvalue weighted by Gasteiger charge is -1.97. The number of hydrogen-bond donors (Lipinski definition) is 2. The predicted molar refractivity (Wildman–Crippen MR) is 39.5 cm³/mol. The Kier molecular flexibility index (Phi) is 2.14. The summed E-state index contributed by atoms with van der Waals surface area (Å²) in [6.45, 7) is 2.15. The standard InChI is InChI=1S/C7H14N2O/c1-2-3-5-4-6(5)9-7(8)10/h5-6H,2-4H2,1H3,(H3,8,9,10). The van der Waals surface area contributed by atoms with E-state index in [9.17, 15) is 4.79 Å². The third-order valence-electron chi connectivity index (χ3n) is 1.91. The van der Waals surface area contributed by atoms with E-state index in [-0.39, 0.29) is 6.03 Å². The fraction of sp³-hybridized carbons (Fsp3) is 0.857. The summed E-state index contributed by atoms with van der Waals surface area (Å²) >= 11 is 0. The minimum atomic E-state index is -0.386. The molecule has 1 aliphatic rings. The Morgan fingerprint density at radius 2 is 2.50 bits per heavy atom. The Morgan fingerprint density at radius 1 is 1.80 bits per heavy atom. The zero-order chi connectivity index (χ0) is 7.56. The summed E-state index contributed by atoms with van der Waals surface area (Å²) in [4.78, 5) is 10.3. The summed E-state index contributed by atoms with van der Waals surface area (Å²) in [7, 11) is 0. The number of nitrogens with one attached hydrogen (secondary N) is 1. The molecule has 2 amide bonds. The molecule has 2 atom stereocenters. The molecule has 3 nitrogen and oxygen atoms in total. The lowest BCUT2D eigenvalue weighted by atomic mass is 10.2. The topological polar surface area (TPSA) is 55.1 Å². The Morgan fingerprint density at radius 3 is 3.00 bits per heavy atom. The highest BCUT2D eigenvalue weighted by molar-refractivity contribution is 5.72. The van der Waals surface area contributed by atoms with Gasteiger partial charge in [0, 0.05) is 6.04 Å². The van der Waals surface area contributed by atoms with Crippen molar-refractivity contribution in [3.05, 3.63) is 0 Å². The summed E-state index contributed by atoms with van der Waals surface area (Å²) in [5.74, 6) is 0.706. The molecule has 0 spiro atoms. The van der Waals surface area contributed by atoms with Crippen molar-refractivity contribution >= 4 is 6.03 Å². The highest BCUT2D eigenvalue weighted by atomic mass is 16.2. The van der Waals surface area contributed by atoms with E-state index in [0.29, 0.717) is 12.0 Å². The van der Waals surface area contributed by atoms with Gasteiger partial charge in [-0.2, -0.15) is 0 Å². The molecule has 0 aliphatic heterocycles. The van der Waals surface area contributed by atoms with E-state index in [1.165, 1.54) is 12.8 Å². The van der Waals surface area contributed by atoms with Gasteiger partial charge in [-0.25, -0.2) is 4.79 Å². The van der Waals surface area contributed by atoms with Gasteiger partial charge < -0.3 is 11.1 Å². The van der Waals surface area contributed by atoms with Crippen LogP contribution in [-0.2, 0) is 0 Å². The van der Waals surface area contributed by atoms with Crippen molar-refractivity contribution in [1.82, 2.24) is 5.32 Å². The van der Waals surface area contributed by atoms with E-state index in [0.717, 1.165) is 6.42 Å². The number of carbonyl (C=O) groups excluding carboxylic acids is 1. The first-order valence-electron chi connectivity index (χ1n) is 3.80. The Bertz CT molecular complexity index is 136. The maximum Gasteiger partial charge on any atom is 0.312 e. The number of rotatable bonds is 3. The van der Waals surface area contributed by atoms with Crippen LogP contribution in [0.3, 0.4) is 0 Å².